The lowest BCUT2D eigenvalue weighted by atomic mass is 10.1. The number of nitrogens with zero attached hydrogens (tertiary/aromatic N) is 2. The number of para-hydroxylation sites is 2. The van der Waals surface area contributed by atoms with Crippen molar-refractivity contribution in [1.29, 1.82) is 0 Å². The van der Waals surface area contributed by atoms with Crippen LogP contribution in [0.1, 0.15) is 17.5 Å². The summed E-state index contributed by atoms with van der Waals surface area (Å²) in [5, 5.41) is 3.38. The molecule has 1 N–H and O–H groups in total. The summed E-state index contributed by atoms with van der Waals surface area (Å²) in [6.45, 7) is 0. The summed E-state index contributed by atoms with van der Waals surface area (Å²) in [6, 6.07) is 19.4. The fourth-order valence-corrected chi connectivity index (χ4v) is 4.84. The van der Waals surface area contributed by atoms with Crippen molar-refractivity contribution in [1.82, 2.24) is 9.55 Å². The second-order valence-corrected chi connectivity index (χ2v) is 8.62. The number of aromatic nitrogens is 2. The molecule has 1 aromatic heterocycles. The highest BCUT2D eigenvalue weighted by atomic mass is 32.2. The van der Waals surface area contributed by atoms with Crippen LogP contribution in [0.4, 0.5) is 10.1 Å². The van der Waals surface area contributed by atoms with Gasteiger partial charge >= 0.3 is 0 Å². The third kappa shape index (κ3) is 3.91. The Hall–Kier alpha value is -3.45. The van der Waals surface area contributed by atoms with E-state index in [4.69, 9.17) is 0 Å². The number of halogens is 1. The molecule has 32 heavy (non-hydrogen) atoms. The van der Waals surface area contributed by atoms with Gasteiger partial charge in [0.25, 0.3) is 5.56 Å². The van der Waals surface area contributed by atoms with Gasteiger partial charge in [0, 0.05) is 5.69 Å². The summed E-state index contributed by atoms with van der Waals surface area (Å²) < 4.78 is 15.8. The lowest BCUT2D eigenvalue weighted by molar-refractivity contribution is -0.113. The Labute approximate surface area is 188 Å². The van der Waals surface area contributed by atoms with Crippen LogP contribution in [0.2, 0.25) is 0 Å². The minimum absolute atomic E-state index is 0.00575. The highest BCUT2D eigenvalue weighted by Crippen LogP contribution is 2.26. The van der Waals surface area contributed by atoms with E-state index in [1.54, 1.807) is 18.2 Å². The Balaban J connectivity index is 1.44. The molecule has 3 aromatic carbocycles. The van der Waals surface area contributed by atoms with Crippen LogP contribution in [0.25, 0.3) is 16.6 Å². The molecule has 160 valence electrons. The van der Waals surface area contributed by atoms with Crippen molar-refractivity contribution in [3.05, 3.63) is 94.0 Å². The third-order valence-electron chi connectivity index (χ3n) is 5.55. The molecule has 5 rings (SSSR count). The molecular formula is C25H20FN3O2S. The van der Waals surface area contributed by atoms with E-state index in [-0.39, 0.29) is 33.3 Å². The van der Waals surface area contributed by atoms with Gasteiger partial charge in [0.1, 0.15) is 11.3 Å². The maximum atomic E-state index is 14.4. The number of thioether (sulfide) groups is 1. The van der Waals surface area contributed by atoms with E-state index in [9.17, 15) is 14.0 Å². The fraction of sp³-hybridized carbons (Fsp3) is 0.160. The van der Waals surface area contributed by atoms with Crippen LogP contribution < -0.4 is 10.9 Å². The Morgan fingerprint density at radius 2 is 1.84 bits per heavy atom. The molecule has 4 aromatic rings. The van der Waals surface area contributed by atoms with E-state index < -0.39 is 5.82 Å². The van der Waals surface area contributed by atoms with Crippen LogP contribution in [0.15, 0.2) is 76.7 Å². The molecule has 0 aliphatic heterocycles. The van der Waals surface area contributed by atoms with Gasteiger partial charge in [-0.25, -0.2) is 9.37 Å². The zero-order valence-corrected chi connectivity index (χ0v) is 18.0. The van der Waals surface area contributed by atoms with Crippen molar-refractivity contribution in [2.45, 2.75) is 24.4 Å². The van der Waals surface area contributed by atoms with E-state index in [1.807, 2.05) is 30.3 Å². The van der Waals surface area contributed by atoms with Crippen LogP contribution >= 0.6 is 11.8 Å². The Morgan fingerprint density at radius 1 is 1.03 bits per heavy atom. The Bertz CT molecular complexity index is 1390. The van der Waals surface area contributed by atoms with Crippen molar-refractivity contribution in [2.75, 3.05) is 11.1 Å². The van der Waals surface area contributed by atoms with Gasteiger partial charge in [0.05, 0.1) is 16.8 Å². The predicted octanol–water partition coefficient (Wildman–Crippen LogP) is 4.74. The summed E-state index contributed by atoms with van der Waals surface area (Å²) in [6.07, 6.45) is 3.26. The number of rotatable bonds is 5. The second-order valence-electron chi connectivity index (χ2n) is 7.68. The topological polar surface area (TPSA) is 64.0 Å². The lowest BCUT2D eigenvalue weighted by Crippen LogP contribution is -2.23. The monoisotopic (exact) mass is 445 g/mol. The summed E-state index contributed by atoms with van der Waals surface area (Å²) in [5.41, 5.74) is 3.62. The molecule has 0 bridgehead atoms. The lowest BCUT2D eigenvalue weighted by Gasteiger charge is -2.13. The van der Waals surface area contributed by atoms with Crippen molar-refractivity contribution in [3.8, 4) is 5.69 Å². The quantitative estimate of drug-likeness (QED) is 0.356. The Morgan fingerprint density at radius 3 is 2.69 bits per heavy atom. The summed E-state index contributed by atoms with van der Waals surface area (Å²) >= 11 is 1.11. The number of nitrogens with one attached hydrogen (secondary N) is 1. The average molecular weight is 446 g/mol. The van der Waals surface area contributed by atoms with Gasteiger partial charge in [-0.05, 0) is 66.8 Å². The standard InChI is InChI=1S/C25H20FN3O2S/c26-21-11-5-10-20-23(21)28-25(29(24(20)31)19-8-2-1-3-9-19)32-15-22(30)27-18-13-12-16-6-4-7-17(16)14-18/h1-3,5,8-14H,4,6-7,15H2,(H,27,30). The minimum Gasteiger partial charge on any atom is -0.325 e. The highest BCUT2D eigenvalue weighted by molar-refractivity contribution is 7.99. The third-order valence-corrected chi connectivity index (χ3v) is 6.49. The maximum Gasteiger partial charge on any atom is 0.266 e. The normalized spacial score (nSPS) is 12.7. The van der Waals surface area contributed by atoms with E-state index >= 15 is 0 Å². The van der Waals surface area contributed by atoms with Gasteiger partial charge in [0.2, 0.25) is 5.91 Å². The molecule has 0 spiro atoms. The number of hydrogen-bond acceptors (Lipinski definition) is 4. The van der Waals surface area contributed by atoms with Crippen molar-refractivity contribution < 1.29 is 9.18 Å². The van der Waals surface area contributed by atoms with E-state index in [0.717, 1.165) is 36.7 Å². The molecule has 1 aliphatic carbocycles. The van der Waals surface area contributed by atoms with Crippen LogP contribution in [-0.2, 0) is 17.6 Å². The first-order chi connectivity index (χ1) is 15.6. The number of carbonyl (C=O) groups excluding carboxylic acids is 1. The van der Waals surface area contributed by atoms with Crippen molar-refractivity contribution in [3.63, 3.8) is 0 Å². The number of aryl methyl sites for hydroxylation is 2. The summed E-state index contributed by atoms with van der Waals surface area (Å²) in [4.78, 5) is 30.2. The van der Waals surface area contributed by atoms with Gasteiger partial charge < -0.3 is 5.32 Å². The number of hydrogen-bond donors (Lipinski definition) is 1. The van der Waals surface area contributed by atoms with E-state index in [2.05, 4.69) is 16.4 Å². The maximum absolute atomic E-state index is 14.4. The predicted molar refractivity (Wildman–Crippen MR) is 125 cm³/mol. The molecule has 0 atom stereocenters. The minimum atomic E-state index is -0.566. The highest BCUT2D eigenvalue weighted by Gasteiger charge is 2.17. The van der Waals surface area contributed by atoms with Crippen LogP contribution in [0, 0.1) is 5.82 Å². The molecule has 7 heteroatoms. The molecule has 1 heterocycles. The number of fused-ring (bicyclic) bond motifs is 2. The number of amides is 1. The molecule has 0 unspecified atom stereocenters. The van der Waals surface area contributed by atoms with Gasteiger partial charge in [-0.3, -0.25) is 14.2 Å². The van der Waals surface area contributed by atoms with E-state index in [1.165, 1.54) is 27.8 Å². The van der Waals surface area contributed by atoms with Crippen molar-refractivity contribution >= 4 is 34.3 Å². The first-order valence-electron chi connectivity index (χ1n) is 10.4. The molecule has 0 saturated carbocycles. The fourth-order valence-electron chi connectivity index (χ4n) is 4.03. The molecule has 1 amide bonds. The van der Waals surface area contributed by atoms with Crippen LogP contribution in [0.5, 0.6) is 0 Å². The zero-order chi connectivity index (χ0) is 22.1. The van der Waals surface area contributed by atoms with Gasteiger partial charge in [-0.2, -0.15) is 0 Å². The van der Waals surface area contributed by atoms with Gasteiger partial charge in [-0.15, -0.1) is 0 Å². The Kier molecular flexibility index (Phi) is 5.49. The second kappa shape index (κ2) is 8.59. The smallest absolute Gasteiger partial charge is 0.266 e. The molecule has 0 radical (unpaired) electrons. The largest absolute Gasteiger partial charge is 0.325 e. The molecular weight excluding hydrogens is 425 g/mol. The molecule has 5 nitrogen and oxygen atoms in total. The first-order valence-corrected chi connectivity index (χ1v) is 11.4. The molecule has 1 aliphatic rings. The molecule has 0 fully saturated rings. The van der Waals surface area contributed by atoms with Crippen molar-refractivity contribution in [2.24, 2.45) is 0 Å². The number of carbonyl (C=O) groups is 1. The first kappa shape index (κ1) is 20.5. The van der Waals surface area contributed by atoms with Crippen LogP contribution in [-0.4, -0.2) is 21.2 Å². The van der Waals surface area contributed by atoms with E-state index in [0.29, 0.717) is 5.69 Å². The number of anilines is 1. The van der Waals surface area contributed by atoms with Crippen LogP contribution in [0.3, 0.4) is 0 Å². The average Bonchev–Trinajstić information content (AvgIpc) is 3.27. The van der Waals surface area contributed by atoms with Gasteiger partial charge in [-0.1, -0.05) is 42.1 Å². The summed E-state index contributed by atoms with van der Waals surface area (Å²) in [7, 11) is 0. The van der Waals surface area contributed by atoms with Gasteiger partial charge in [0.15, 0.2) is 5.16 Å². The number of benzene rings is 3. The zero-order valence-electron chi connectivity index (χ0n) is 17.2. The molecule has 0 saturated heterocycles. The summed E-state index contributed by atoms with van der Waals surface area (Å²) in [5.74, 6) is -0.740. The SMILES string of the molecule is O=C(CSc1nc2c(F)cccc2c(=O)n1-c1ccccc1)Nc1ccc2c(c1)CCC2.